The van der Waals surface area contributed by atoms with Crippen LogP contribution in [0.3, 0.4) is 0 Å². The largest absolute Gasteiger partial charge is 0.415 e. The van der Waals surface area contributed by atoms with E-state index >= 15 is 0 Å². The first-order valence-corrected chi connectivity index (χ1v) is 11.2. The molecule has 35 heavy (non-hydrogen) atoms. The molecule has 2 aliphatic rings. The molecule has 0 radical (unpaired) electrons. The van der Waals surface area contributed by atoms with Crippen LogP contribution in [0.1, 0.15) is 54.5 Å². The summed E-state index contributed by atoms with van der Waals surface area (Å²) in [6, 6.07) is 3.42. The topological polar surface area (TPSA) is 64.0 Å². The van der Waals surface area contributed by atoms with E-state index < -0.39 is 18.4 Å². The van der Waals surface area contributed by atoms with Crippen molar-refractivity contribution in [2.75, 3.05) is 19.1 Å². The maximum atomic E-state index is 13.7. The lowest BCUT2D eigenvalue weighted by atomic mass is 9.98. The zero-order valence-electron chi connectivity index (χ0n) is 19.5. The van der Waals surface area contributed by atoms with Crippen molar-refractivity contribution in [2.24, 2.45) is 0 Å². The minimum atomic E-state index is -4.62. The molecule has 2 N–H and O–H groups in total. The summed E-state index contributed by atoms with van der Waals surface area (Å²) in [5, 5.41) is 11.1. The van der Waals surface area contributed by atoms with Crippen molar-refractivity contribution in [3.8, 4) is 0 Å². The summed E-state index contributed by atoms with van der Waals surface area (Å²) in [5.74, 6) is 0.669. The Labute approximate surface area is 201 Å². The molecule has 0 aromatic carbocycles. The van der Waals surface area contributed by atoms with Crippen LogP contribution >= 0.6 is 0 Å². The van der Waals surface area contributed by atoms with Crippen LogP contribution in [0, 0.1) is 0 Å². The van der Waals surface area contributed by atoms with Crippen molar-refractivity contribution in [3.05, 3.63) is 76.9 Å². The molecule has 10 heteroatoms. The molecule has 2 aliphatic heterocycles. The third-order valence-corrected chi connectivity index (χ3v) is 6.18. The Balaban J connectivity index is 1.70. The van der Waals surface area contributed by atoms with Gasteiger partial charge in [0.15, 0.2) is 6.23 Å². The summed E-state index contributed by atoms with van der Waals surface area (Å²) in [7, 11) is 1.62. The van der Waals surface area contributed by atoms with E-state index in [0.29, 0.717) is 12.4 Å². The van der Waals surface area contributed by atoms with Gasteiger partial charge < -0.3 is 15.4 Å². The SMILES string of the molecule is C=C(/C=C(\C(=C/C)CF)c1cc2n(n1)CCCC2Nc1nccc2c1C=CNC2OC)C(F)(F)F. The predicted molar refractivity (Wildman–Crippen MR) is 127 cm³/mol. The van der Waals surface area contributed by atoms with E-state index in [0.717, 1.165) is 35.7 Å². The second kappa shape index (κ2) is 10.1. The number of methoxy groups -OCH3 is 1. The van der Waals surface area contributed by atoms with E-state index in [1.165, 1.54) is 6.08 Å². The van der Waals surface area contributed by atoms with Gasteiger partial charge in [0.1, 0.15) is 12.5 Å². The molecular weight excluding hydrogens is 462 g/mol. The van der Waals surface area contributed by atoms with Crippen LogP contribution in [0.5, 0.6) is 0 Å². The number of hydrogen-bond donors (Lipinski definition) is 2. The summed E-state index contributed by atoms with van der Waals surface area (Å²) in [6.45, 7) is 4.39. The minimum absolute atomic E-state index is 0.0742. The molecule has 0 fully saturated rings. The first-order chi connectivity index (χ1) is 16.8. The molecule has 0 spiro atoms. The van der Waals surface area contributed by atoms with Gasteiger partial charge in [0.2, 0.25) is 0 Å². The van der Waals surface area contributed by atoms with Gasteiger partial charge in [-0.2, -0.15) is 18.3 Å². The third-order valence-electron chi connectivity index (χ3n) is 6.18. The Morgan fingerprint density at radius 2 is 2.20 bits per heavy atom. The third kappa shape index (κ3) is 5.02. The normalized spacial score (nSPS) is 20.2. The maximum Gasteiger partial charge on any atom is 0.415 e. The number of aromatic nitrogens is 3. The number of pyridine rings is 1. The Morgan fingerprint density at radius 1 is 1.40 bits per heavy atom. The standard InChI is InChI=1S/C25H27F4N5O/c1-4-16(14-26)19(12-15(2)25(27,28)29)21-13-22-20(6-5-11-34(22)33-21)32-23-17-7-10-31-24(35-3)18(17)8-9-30-23/h4,7-10,12-13,20,24,31H,2,5-6,11,14H2,1,3H3,(H,30,32)/b16-4-,19-12+. The quantitative estimate of drug-likeness (QED) is 0.377. The molecule has 0 aliphatic carbocycles. The molecule has 4 heterocycles. The number of ether oxygens (including phenoxy) is 1. The fourth-order valence-corrected chi connectivity index (χ4v) is 4.33. The van der Waals surface area contributed by atoms with Crippen molar-refractivity contribution in [1.29, 1.82) is 0 Å². The maximum absolute atomic E-state index is 13.7. The van der Waals surface area contributed by atoms with Gasteiger partial charge in [-0.15, -0.1) is 0 Å². The van der Waals surface area contributed by atoms with Crippen molar-refractivity contribution in [3.63, 3.8) is 0 Å². The predicted octanol–water partition coefficient (Wildman–Crippen LogP) is 5.86. The van der Waals surface area contributed by atoms with Crippen LogP contribution in [-0.4, -0.2) is 34.7 Å². The average Bonchev–Trinajstić information content (AvgIpc) is 3.28. The Bertz CT molecular complexity index is 1190. The second-order valence-electron chi connectivity index (χ2n) is 8.32. The van der Waals surface area contributed by atoms with Crippen LogP contribution in [0.4, 0.5) is 23.4 Å². The van der Waals surface area contributed by atoms with E-state index in [9.17, 15) is 17.6 Å². The number of halogens is 4. The molecule has 2 aromatic rings. The van der Waals surface area contributed by atoms with E-state index in [1.54, 1.807) is 37.2 Å². The Hall–Kier alpha value is -3.40. The first kappa shape index (κ1) is 24.7. The Kier molecular flexibility index (Phi) is 7.11. The van der Waals surface area contributed by atoms with Gasteiger partial charge in [0.05, 0.1) is 17.4 Å². The number of fused-ring (bicyclic) bond motifs is 2. The smallest absolute Gasteiger partial charge is 0.362 e. The van der Waals surface area contributed by atoms with Crippen LogP contribution in [0.15, 0.2) is 54.4 Å². The van der Waals surface area contributed by atoms with Crippen LogP contribution in [0.25, 0.3) is 11.6 Å². The number of alkyl halides is 4. The molecule has 0 saturated carbocycles. The van der Waals surface area contributed by atoms with Gasteiger partial charge in [0, 0.05) is 42.1 Å². The number of allylic oxidation sites excluding steroid dienone is 5. The summed E-state index contributed by atoms with van der Waals surface area (Å²) in [4.78, 5) is 4.51. The van der Waals surface area contributed by atoms with Crippen molar-refractivity contribution in [1.82, 2.24) is 20.1 Å². The van der Waals surface area contributed by atoms with Crippen LogP contribution < -0.4 is 10.6 Å². The highest BCUT2D eigenvalue weighted by molar-refractivity contribution is 5.79. The lowest BCUT2D eigenvalue weighted by Gasteiger charge is -2.28. The molecule has 2 unspecified atom stereocenters. The number of nitrogens with zero attached hydrogens (tertiary/aromatic N) is 3. The second-order valence-corrected chi connectivity index (χ2v) is 8.32. The summed E-state index contributed by atoms with van der Waals surface area (Å²) in [5.41, 5.74) is 2.04. The minimum Gasteiger partial charge on any atom is -0.362 e. The number of rotatable bonds is 7. The highest BCUT2D eigenvalue weighted by Crippen LogP contribution is 2.36. The molecule has 4 rings (SSSR count). The lowest BCUT2D eigenvalue weighted by molar-refractivity contribution is -0.0877. The van der Waals surface area contributed by atoms with E-state index in [2.05, 4.69) is 27.3 Å². The first-order valence-electron chi connectivity index (χ1n) is 11.2. The molecule has 0 saturated heterocycles. The van der Waals surface area contributed by atoms with Gasteiger partial charge >= 0.3 is 6.18 Å². The number of anilines is 1. The lowest BCUT2D eigenvalue weighted by Crippen LogP contribution is -2.25. The summed E-state index contributed by atoms with van der Waals surface area (Å²) >= 11 is 0. The fourth-order valence-electron chi connectivity index (χ4n) is 4.33. The molecule has 0 amide bonds. The van der Waals surface area contributed by atoms with Crippen molar-refractivity contribution >= 4 is 17.5 Å². The van der Waals surface area contributed by atoms with E-state index in [1.807, 2.05) is 12.1 Å². The highest BCUT2D eigenvalue weighted by atomic mass is 19.4. The highest BCUT2D eigenvalue weighted by Gasteiger charge is 2.32. The zero-order chi connectivity index (χ0) is 25.2. The molecule has 6 nitrogen and oxygen atoms in total. The monoisotopic (exact) mass is 489 g/mol. The van der Waals surface area contributed by atoms with Crippen LogP contribution in [0.2, 0.25) is 0 Å². The van der Waals surface area contributed by atoms with Gasteiger partial charge in [-0.25, -0.2) is 9.37 Å². The zero-order valence-corrected chi connectivity index (χ0v) is 19.5. The van der Waals surface area contributed by atoms with Crippen molar-refractivity contribution in [2.45, 2.75) is 44.8 Å². The van der Waals surface area contributed by atoms with Crippen LogP contribution in [-0.2, 0) is 11.3 Å². The molecule has 2 atom stereocenters. The van der Waals surface area contributed by atoms with Gasteiger partial charge in [-0.3, -0.25) is 4.68 Å². The number of hydrogen-bond acceptors (Lipinski definition) is 5. The Morgan fingerprint density at radius 3 is 2.89 bits per heavy atom. The molecule has 0 bridgehead atoms. The molecular formula is C25H27F4N5O. The van der Waals surface area contributed by atoms with Gasteiger partial charge in [-0.05, 0) is 55.8 Å². The van der Waals surface area contributed by atoms with Gasteiger partial charge in [-0.1, -0.05) is 12.7 Å². The molecule has 186 valence electrons. The van der Waals surface area contributed by atoms with E-state index in [-0.39, 0.29) is 29.1 Å². The van der Waals surface area contributed by atoms with Gasteiger partial charge in [0.25, 0.3) is 0 Å². The van der Waals surface area contributed by atoms with Crippen molar-refractivity contribution < 1.29 is 22.3 Å². The number of nitrogens with one attached hydrogen (secondary N) is 2. The molecule has 2 aromatic heterocycles. The fraction of sp³-hybridized carbons (Fsp3) is 0.360. The number of aryl methyl sites for hydroxylation is 1. The summed E-state index contributed by atoms with van der Waals surface area (Å²) < 4.78 is 60.6. The average molecular weight is 490 g/mol. The summed E-state index contributed by atoms with van der Waals surface area (Å²) in [6.07, 6.45) is 4.40. The van der Waals surface area contributed by atoms with E-state index in [4.69, 9.17) is 4.74 Å².